The molecule has 5 rings (SSSR count). The maximum Gasteiger partial charge on any atom is 0.344 e. The second-order valence-electron chi connectivity index (χ2n) is 8.40. The van der Waals surface area contributed by atoms with E-state index in [1.807, 2.05) is 67.3 Å². The molecule has 0 spiro atoms. The van der Waals surface area contributed by atoms with Gasteiger partial charge in [-0.25, -0.2) is 4.79 Å². The molecule has 3 heterocycles. The first-order valence-electron chi connectivity index (χ1n) is 11.2. The van der Waals surface area contributed by atoms with E-state index in [1.165, 1.54) is 11.8 Å². The van der Waals surface area contributed by atoms with E-state index in [2.05, 4.69) is 14.3 Å². The van der Waals surface area contributed by atoms with E-state index in [9.17, 15) is 14.7 Å². The molecule has 0 saturated heterocycles. The summed E-state index contributed by atoms with van der Waals surface area (Å²) in [7, 11) is 0. The summed E-state index contributed by atoms with van der Waals surface area (Å²) in [4.78, 5) is 33.5. The van der Waals surface area contributed by atoms with Gasteiger partial charge >= 0.3 is 10.8 Å². The molecule has 8 nitrogen and oxygen atoms in total. The minimum absolute atomic E-state index is 0.256. The van der Waals surface area contributed by atoms with Gasteiger partial charge < -0.3 is 14.7 Å². The summed E-state index contributed by atoms with van der Waals surface area (Å²) in [5.74, 6) is -0.401. The van der Waals surface area contributed by atoms with Crippen LogP contribution >= 0.6 is 23.3 Å². The van der Waals surface area contributed by atoms with Crippen LogP contribution in [0.2, 0.25) is 0 Å². The molecule has 0 aliphatic carbocycles. The van der Waals surface area contributed by atoms with E-state index in [-0.39, 0.29) is 9.78 Å². The molecule has 10 heteroatoms. The number of aliphatic imine (C=N–C) groups is 1. The standard InChI is InChI=1S/C25H24N4O4S2/c1-3-12-33-25(2)21-19(20(34-25)23(30)31)29(14-26-21)13-15-8-10-16(11-9-15)17-6-4-5-7-18(17)22-27-24(32)35-28-22/h4-11H,3,12-14H2,1-2H3,(H,30,31)(H,27,28,32). The number of carboxylic acids is 1. The van der Waals surface area contributed by atoms with Crippen molar-refractivity contribution in [2.75, 3.05) is 13.3 Å². The molecule has 1 atom stereocenters. The fraction of sp³-hybridized carbons (Fsp3) is 0.280. The predicted octanol–water partition coefficient (Wildman–Crippen LogP) is 4.57. The van der Waals surface area contributed by atoms with E-state index in [1.54, 1.807) is 0 Å². The summed E-state index contributed by atoms with van der Waals surface area (Å²) < 4.78 is 9.00. The Balaban J connectivity index is 1.38. The number of thioether (sulfide) groups is 1. The highest BCUT2D eigenvalue weighted by molar-refractivity contribution is 8.06. The number of rotatable bonds is 8. The number of hydrogen-bond acceptors (Lipinski definition) is 8. The first-order valence-corrected chi connectivity index (χ1v) is 12.9. The quantitative estimate of drug-likeness (QED) is 0.459. The summed E-state index contributed by atoms with van der Waals surface area (Å²) in [6.07, 6.45) is 0.846. The van der Waals surface area contributed by atoms with Gasteiger partial charge in [0.1, 0.15) is 17.3 Å². The van der Waals surface area contributed by atoms with Crippen molar-refractivity contribution in [1.29, 1.82) is 0 Å². The molecule has 2 aromatic carbocycles. The fourth-order valence-electron chi connectivity index (χ4n) is 4.32. The van der Waals surface area contributed by atoms with Crippen molar-refractivity contribution >= 4 is 35.0 Å². The number of carboxylic acid groups (broad SMARTS) is 1. The third kappa shape index (κ3) is 4.44. The van der Waals surface area contributed by atoms with E-state index >= 15 is 0 Å². The number of nitrogens with one attached hydrogen (secondary N) is 1. The van der Waals surface area contributed by atoms with Crippen LogP contribution in [-0.2, 0) is 16.1 Å². The van der Waals surface area contributed by atoms with E-state index < -0.39 is 10.9 Å². The lowest BCUT2D eigenvalue weighted by Gasteiger charge is -2.24. The Labute approximate surface area is 210 Å². The number of nitrogens with zero attached hydrogens (tertiary/aromatic N) is 3. The van der Waals surface area contributed by atoms with Gasteiger partial charge in [0, 0.05) is 30.2 Å². The molecule has 35 heavy (non-hydrogen) atoms. The Morgan fingerprint density at radius 3 is 2.60 bits per heavy atom. The maximum absolute atomic E-state index is 12.0. The monoisotopic (exact) mass is 508 g/mol. The van der Waals surface area contributed by atoms with Crippen molar-refractivity contribution in [3.8, 4) is 22.5 Å². The Morgan fingerprint density at radius 1 is 1.20 bits per heavy atom. The lowest BCUT2D eigenvalue weighted by molar-refractivity contribution is -0.131. The van der Waals surface area contributed by atoms with Crippen LogP contribution in [0.4, 0.5) is 0 Å². The van der Waals surface area contributed by atoms with Gasteiger partial charge in [0.15, 0.2) is 10.8 Å². The zero-order chi connectivity index (χ0) is 24.6. The number of carbonyl (C=O) groups is 1. The average Bonchev–Trinajstić information content (AvgIpc) is 3.55. The molecule has 2 aliphatic rings. The Kier molecular flexibility index (Phi) is 6.35. The van der Waals surface area contributed by atoms with Gasteiger partial charge in [-0.3, -0.25) is 14.2 Å². The minimum atomic E-state index is -0.958. The number of H-pyrrole nitrogens is 1. The lowest BCUT2D eigenvalue weighted by atomic mass is 9.98. The summed E-state index contributed by atoms with van der Waals surface area (Å²) in [6.45, 7) is 5.39. The first-order chi connectivity index (χ1) is 16.9. The second kappa shape index (κ2) is 9.44. The Hall–Kier alpha value is -3.21. The van der Waals surface area contributed by atoms with Crippen LogP contribution in [0.25, 0.3) is 22.5 Å². The topological polar surface area (TPSA) is 108 Å². The van der Waals surface area contributed by atoms with Crippen LogP contribution in [0, 0.1) is 0 Å². The van der Waals surface area contributed by atoms with Crippen LogP contribution in [0.3, 0.4) is 0 Å². The molecular weight excluding hydrogens is 484 g/mol. The zero-order valence-electron chi connectivity index (χ0n) is 19.3. The maximum atomic E-state index is 12.0. The van der Waals surface area contributed by atoms with Crippen molar-refractivity contribution in [2.24, 2.45) is 4.99 Å². The SMILES string of the molecule is CCCOC1(C)SC(C(=O)O)=C2C1=NCN2Cc1ccc(-c2ccccc2-c2nc(=O)s[nH]2)cc1. The van der Waals surface area contributed by atoms with Gasteiger partial charge in [-0.05, 0) is 30.0 Å². The van der Waals surface area contributed by atoms with E-state index in [0.717, 1.165) is 40.2 Å². The molecule has 0 radical (unpaired) electrons. The molecule has 1 unspecified atom stereocenters. The molecular formula is C25H24N4O4S2. The normalized spacial score (nSPS) is 19.3. The third-order valence-corrected chi connectivity index (χ3v) is 7.75. The fourth-order valence-corrected chi connectivity index (χ4v) is 5.99. The molecule has 3 aromatic rings. The lowest BCUT2D eigenvalue weighted by Crippen LogP contribution is -2.33. The van der Waals surface area contributed by atoms with Gasteiger partial charge in [0.2, 0.25) is 0 Å². The van der Waals surface area contributed by atoms with Gasteiger partial charge in [0.25, 0.3) is 0 Å². The van der Waals surface area contributed by atoms with Crippen LogP contribution in [-0.4, -0.2) is 49.3 Å². The van der Waals surface area contributed by atoms with Gasteiger partial charge in [0.05, 0.1) is 5.70 Å². The highest BCUT2D eigenvalue weighted by Crippen LogP contribution is 2.48. The number of benzene rings is 2. The molecule has 2 N–H and O–H groups in total. The van der Waals surface area contributed by atoms with E-state index in [4.69, 9.17) is 4.74 Å². The molecule has 0 bridgehead atoms. The number of ether oxygens (including phenoxy) is 1. The highest BCUT2D eigenvalue weighted by Gasteiger charge is 2.49. The van der Waals surface area contributed by atoms with Crippen molar-refractivity contribution in [2.45, 2.75) is 31.7 Å². The summed E-state index contributed by atoms with van der Waals surface area (Å²) >= 11 is 2.20. The Morgan fingerprint density at radius 2 is 1.94 bits per heavy atom. The van der Waals surface area contributed by atoms with Gasteiger partial charge in [-0.1, -0.05) is 67.2 Å². The number of hydrogen-bond donors (Lipinski definition) is 2. The minimum Gasteiger partial charge on any atom is -0.477 e. The number of aromatic amines is 1. The third-order valence-electron chi connectivity index (χ3n) is 5.92. The first kappa shape index (κ1) is 23.5. The molecule has 0 saturated carbocycles. The van der Waals surface area contributed by atoms with Crippen molar-refractivity contribution in [3.63, 3.8) is 0 Å². The number of aromatic nitrogens is 2. The van der Waals surface area contributed by atoms with Crippen molar-refractivity contribution in [3.05, 3.63) is 74.4 Å². The predicted molar refractivity (Wildman–Crippen MR) is 138 cm³/mol. The zero-order valence-corrected chi connectivity index (χ0v) is 20.9. The Bertz CT molecular complexity index is 1390. The summed E-state index contributed by atoms with van der Waals surface area (Å²) in [5, 5.41) is 9.84. The van der Waals surface area contributed by atoms with Crippen LogP contribution in [0.5, 0.6) is 0 Å². The highest BCUT2D eigenvalue weighted by atomic mass is 32.2. The van der Waals surface area contributed by atoms with Crippen LogP contribution < -0.4 is 4.87 Å². The van der Waals surface area contributed by atoms with Crippen LogP contribution in [0.15, 0.2) is 68.9 Å². The van der Waals surface area contributed by atoms with Gasteiger partial charge in [-0.2, -0.15) is 4.98 Å². The molecule has 0 fully saturated rings. The molecule has 180 valence electrons. The molecule has 2 aliphatic heterocycles. The average molecular weight is 509 g/mol. The number of fused-ring (bicyclic) bond motifs is 1. The van der Waals surface area contributed by atoms with Crippen molar-refractivity contribution < 1.29 is 14.6 Å². The largest absolute Gasteiger partial charge is 0.477 e. The molecule has 1 aromatic heterocycles. The summed E-state index contributed by atoms with van der Waals surface area (Å²) in [5.41, 5.74) is 5.23. The van der Waals surface area contributed by atoms with Crippen molar-refractivity contribution in [1.82, 2.24) is 14.3 Å². The molecule has 0 amide bonds. The number of aliphatic carboxylic acids is 1. The van der Waals surface area contributed by atoms with Crippen LogP contribution in [0.1, 0.15) is 25.8 Å². The van der Waals surface area contributed by atoms with E-state index in [0.29, 0.717) is 37.1 Å². The van der Waals surface area contributed by atoms with Gasteiger partial charge in [-0.15, -0.1) is 0 Å². The smallest absolute Gasteiger partial charge is 0.344 e. The second-order valence-corrected chi connectivity index (χ2v) is 10.5. The summed E-state index contributed by atoms with van der Waals surface area (Å²) in [6, 6.07) is 15.9.